The van der Waals surface area contributed by atoms with Crippen LogP contribution in [0.1, 0.15) is 26.7 Å². The average Bonchev–Trinajstić information content (AvgIpc) is 2.08. The monoisotopic (exact) mass is 180 g/mol. The van der Waals surface area contributed by atoms with Crippen molar-refractivity contribution in [2.75, 3.05) is 0 Å². The van der Waals surface area contributed by atoms with Gasteiger partial charge in [-0.3, -0.25) is 9.36 Å². The van der Waals surface area contributed by atoms with Crippen LogP contribution in [-0.4, -0.2) is 9.55 Å². The maximum absolute atomic E-state index is 11.2. The van der Waals surface area contributed by atoms with Gasteiger partial charge in [0.1, 0.15) is 0 Å². The molecule has 0 aromatic carbocycles. The highest BCUT2D eigenvalue weighted by Gasteiger charge is 1.96. The highest BCUT2D eigenvalue weighted by Crippen LogP contribution is 2.03. The second-order valence-electron chi connectivity index (χ2n) is 3.65. The number of nitrogens with zero attached hydrogens (tertiary/aromatic N) is 2. The van der Waals surface area contributed by atoms with E-state index in [0.29, 0.717) is 5.92 Å². The first kappa shape index (κ1) is 9.96. The molecule has 0 bridgehead atoms. The highest BCUT2D eigenvalue weighted by molar-refractivity contribution is 4.81. The Morgan fingerprint density at radius 2 is 2.31 bits per heavy atom. The molecule has 3 heteroatoms. The Morgan fingerprint density at radius 3 is 2.92 bits per heavy atom. The van der Waals surface area contributed by atoms with E-state index in [0.717, 1.165) is 19.4 Å². The van der Waals surface area contributed by atoms with Crippen LogP contribution < -0.4 is 5.56 Å². The molecule has 0 fully saturated rings. The lowest BCUT2D eigenvalue weighted by Gasteiger charge is -2.05. The lowest BCUT2D eigenvalue weighted by atomic mass is 10.1. The fourth-order valence-electron chi connectivity index (χ4n) is 1.22. The molecule has 13 heavy (non-hydrogen) atoms. The predicted octanol–water partition coefficient (Wildman–Crippen LogP) is 1.68. The molecule has 0 saturated heterocycles. The molecule has 72 valence electrons. The molecule has 0 atom stereocenters. The van der Waals surface area contributed by atoms with E-state index in [4.69, 9.17) is 0 Å². The summed E-state index contributed by atoms with van der Waals surface area (Å²) < 4.78 is 1.66. The Balaban J connectivity index is 2.46. The third kappa shape index (κ3) is 3.40. The Hall–Kier alpha value is -1.12. The number of hydrogen-bond acceptors (Lipinski definition) is 2. The van der Waals surface area contributed by atoms with Crippen LogP contribution in [0.5, 0.6) is 0 Å². The molecule has 1 heterocycles. The van der Waals surface area contributed by atoms with Crippen molar-refractivity contribution in [1.29, 1.82) is 0 Å². The van der Waals surface area contributed by atoms with E-state index in [1.807, 2.05) is 0 Å². The van der Waals surface area contributed by atoms with Gasteiger partial charge in [-0.1, -0.05) is 13.8 Å². The zero-order valence-electron chi connectivity index (χ0n) is 8.23. The normalized spacial score (nSPS) is 10.7. The summed E-state index contributed by atoms with van der Waals surface area (Å²) >= 11 is 0. The van der Waals surface area contributed by atoms with Crippen molar-refractivity contribution >= 4 is 0 Å². The Morgan fingerprint density at radius 1 is 1.54 bits per heavy atom. The second-order valence-corrected chi connectivity index (χ2v) is 3.65. The van der Waals surface area contributed by atoms with Crippen LogP contribution in [0.15, 0.2) is 23.4 Å². The van der Waals surface area contributed by atoms with Crippen LogP contribution in [0, 0.1) is 5.92 Å². The van der Waals surface area contributed by atoms with E-state index in [2.05, 4.69) is 18.8 Å². The fraction of sp³-hybridized carbons (Fsp3) is 0.600. The number of aryl methyl sites for hydroxylation is 1. The largest absolute Gasteiger partial charge is 0.299 e. The van der Waals surface area contributed by atoms with Crippen molar-refractivity contribution in [3.05, 3.63) is 28.9 Å². The summed E-state index contributed by atoms with van der Waals surface area (Å²) in [5.41, 5.74) is 0.0405. The van der Waals surface area contributed by atoms with E-state index < -0.39 is 0 Å². The molecule has 0 spiro atoms. The van der Waals surface area contributed by atoms with Gasteiger partial charge >= 0.3 is 0 Å². The summed E-state index contributed by atoms with van der Waals surface area (Å²) in [7, 11) is 0. The Bertz CT molecular complexity index is 304. The maximum Gasteiger partial charge on any atom is 0.253 e. The minimum Gasteiger partial charge on any atom is -0.299 e. The lowest BCUT2D eigenvalue weighted by Crippen LogP contribution is -2.18. The van der Waals surface area contributed by atoms with Crippen LogP contribution >= 0.6 is 0 Å². The SMILES string of the molecule is CC(C)CCCn1cnccc1=O. The Kier molecular flexibility index (Phi) is 3.68. The van der Waals surface area contributed by atoms with Gasteiger partial charge in [-0.15, -0.1) is 0 Å². The van der Waals surface area contributed by atoms with E-state index in [9.17, 15) is 4.79 Å². The molecule has 0 unspecified atom stereocenters. The first-order valence-corrected chi connectivity index (χ1v) is 4.70. The van der Waals surface area contributed by atoms with Crippen molar-refractivity contribution in [1.82, 2.24) is 9.55 Å². The van der Waals surface area contributed by atoms with Crippen molar-refractivity contribution < 1.29 is 0 Å². The summed E-state index contributed by atoms with van der Waals surface area (Å²) in [5.74, 6) is 0.701. The minimum absolute atomic E-state index is 0.0405. The molecule has 0 amide bonds. The van der Waals surface area contributed by atoms with Gasteiger partial charge < -0.3 is 0 Å². The summed E-state index contributed by atoms with van der Waals surface area (Å²) in [6.07, 6.45) is 5.33. The lowest BCUT2D eigenvalue weighted by molar-refractivity contribution is 0.503. The maximum atomic E-state index is 11.2. The highest BCUT2D eigenvalue weighted by atomic mass is 16.1. The van der Waals surface area contributed by atoms with E-state index in [1.54, 1.807) is 10.9 Å². The van der Waals surface area contributed by atoms with Crippen LogP contribution in [-0.2, 0) is 6.54 Å². The third-order valence-corrected chi connectivity index (χ3v) is 1.97. The minimum atomic E-state index is 0.0405. The van der Waals surface area contributed by atoms with Crippen LogP contribution in [0.3, 0.4) is 0 Å². The van der Waals surface area contributed by atoms with Crippen molar-refractivity contribution in [2.24, 2.45) is 5.92 Å². The number of hydrogen-bond donors (Lipinski definition) is 0. The van der Waals surface area contributed by atoms with E-state index >= 15 is 0 Å². The van der Waals surface area contributed by atoms with Crippen molar-refractivity contribution in [2.45, 2.75) is 33.2 Å². The molecular weight excluding hydrogens is 164 g/mol. The third-order valence-electron chi connectivity index (χ3n) is 1.97. The summed E-state index contributed by atoms with van der Waals surface area (Å²) in [6.45, 7) is 5.16. The van der Waals surface area contributed by atoms with Gasteiger partial charge in [-0.25, -0.2) is 4.98 Å². The van der Waals surface area contributed by atoms with Crippen LogP contribution in [0.25, 0.3) is 0 Å². The van der Waals surface area contributed by atoms with Gasteiger partial charge in [0, 0.05) is 18.8 Å². The van der Waals surface area contributed by atoms with Gasteiger partial charge in [-0.05, 0) is 18.8 Å². The van der Waals surface area contributed by atoms with Crippen molar-refractivity contribution in [3.8, 4) is 0 Å². The first-order chi connectivity index (χ1) is 6.20. The predicted molar refractivity (Wildman–Crippen MR) is 52.6 cm³/mol. The number of aromatic nitrogens is 2. The fourth-order valence-corrected chi connectivity index (χ4v) is 1.22. The first-order valence-electron chi connectivity index (χ1n) is 4.70. The average molecular weight is 180 g/mol. The van der Waals surface area contributed by atoms with E-state index in [-0.39, 0.29) is 5.56 Å². The molecule has 1 aromatic heterocycles. The molecule has 0 saturated carbocycles. The smallest absolute Gasteiger partial charge is 0.253 e. The van der Waals surface area contributed by atoms with Gasteiger partial charge in [0.05, 0.1) is 6.33 Å². The van der Waals surface area contributed by atoms with Crippen molar-refractivity contribution in [3.63, 3.8) is 0 Å². The molecule has 0 aliphatic rings. The molecular formula is C10H16N2O. The van der Waals surface area contributed by atoms with Gasteiger partial charge in [0.15, 0.2) is 0 Å². The summed E-state index contributed by atoms with van der Waals surface area (Å²) in [4.78, 5) is 15.1. The topological polar surface area (TPSA) is 34.9 Å². The van der Waals surface area contributed by atoms with Gasteiger partial charge in [-0.2, -0.15) is 0 Å². The van der Waals surface area contributed by atoms with E-state index in [1.165, 1.54) is 12.3 Å². The molecule has 1 rings (SSSR count). The zero-order valence-corrected chi connectivity index (χ0v) is 8.23. The molecule has 0 radical (unpaired) electrons. The molecule has 0 aliphatic heterocycles. The van der Waals surface area contributed by atoms with Gasteiger partial charge in [0.25, 0.3) is 5.56 Å². The Labute approximate surface area is 78.4 Å². The quantitative estimate of drug-likeness (QED) is 0.706. The zero-order chi connectivity index (χ0) is 9.68. The number of rotatable bonds is 4. The molecule has 0 N–H and O–H groups in total. The van der Waals surface area contributed by atoms with Crippen LogP contribution in [0.2, 0.25) is 0 Å². The molecule has 0 aliphatic carbocycles. The molecule has 3 nitrogen and oxygen atoms in total. The second kappa shape index (κ2) is 4.80. The van der Waals surface area contributed by atoms with Crippen LogP contribution in [0.4, 0.5) is 0 Å². The summed E-state index contributed by atoms with van der Waals surface area (Å²) in [6, 6.07) is 1.50. The molecule has 1 aromatic rings. The standard InChI is InChI=1S/C10H16N2O/c1-9(2)4-3-7-12-8-11-6-5-10(12)13/h5-6,8-9H,3-4,7H2,1-2H3. The summed E-state index contributed by atoms with van der Waals surface area (Å²) in [5, 5.41) is 0. The van der Waals surface area contributed by atoms with Gasteiger partial charge in [0.2, 0.25) is 0 Å².